The monoisotopic (exact) mass is 277 g/mol. The van der Waals surface area contributed by atoms with E-state index < -0.39 is 12.1 Å². The molecule has 1 atom stereocenters. The number of hydrogen-bond acceptors (Lipinski definition) is 4. The molecule has 1 aliphatic heterocycles. The van der Waals surface area contributed by atoms with E-state index in [1.807, 2.05) is 42.5 Å². The third-order valence-corrected chi connectivity index (χ3v) is 3.68. The molecule has 2 aromatic carbocycles. The number of nitrogens with zero attached hydrogens (tertiary/aromatic N) is 1. The molecule has 0 bridgehead atoms. The van der Waals surface area contributed by atoms with E-state index in [1.165, 1.54) is 12.2 Å². The quantitative estimate of drug-likeness (QED) is 0.815. The van der Waals surface area contributed by atoms with Crippen molar-refractivity contribution < 1.29 is 14.6 Å². The molecule has 0 aromatic heterocycles. The number of aliphatic hydroxyl groups excluding tert-OH is 1. The highest BCUT2D eigenvalue weighted by Crippen LogP contribution is 2.44. The first kappa shape index (κ1) is 12.1. The first-order chi connectivity index (χ1) is 10.2. The molecule has 4 heteroatoms. The first-order valence-electron chi connectivity index (χ1n) is 6.62. The highest BCUT2D eigenvalue weighted by molar-refractivity contribution is 6.08. The average molecular weight is 277 g/mol. The van der Waals surface area contributed by atoms with Crippen molar-refractivity contribution in [3.05, 3.63) is 65.7 Å². The predicted octanol–water partition coefficient (Wildman–Crippen LogP) is 2.89. The second-order valence-corrected chi connectivity index (χ2v) is 4.97. The Labute approximate surface area is 121 Å². The van der Waals surface area contributed by atoms with Gasteiger partial charge in [0.1, 0.15) is 6.10 Å². The summed E-state index contributed by atoms with van der Waals surface area (Å²) in [5.74, 6) is -0.146. The molecule has 1 heterocycles. The second-order valence-electron chi connectivity index (χ2n) is 4.97. The van der Waals surface area contributed by atoms with Gasteiger partial charge in [0.15, 0.2) is 0 Å². The van der Waals surface area contributed by atoms with Crippen molar-refractivity contribution in [2.45, 2.75) is 6.10 Å². The molecule has 0 amide bonds. The van der Waals surface area contributed by atoms with Gasteiger partial charge in [-0.1, -0.05) is 30.3 Å². The van der Waals surface area contributed by atoms with Crippen molar-refractivity contribution >= 4 is 17.6 Å². The van der Waals surface area contributed by atoms with Gasteiger partial charge in [0.25, 0.3) is 0 Å². The fourth-order valence-corrected chi connectivity index (χ4v) is 2.74. The van der Waals surface area contributed by atoms with E-state index in [0.717, 1.165) is 22.3 Å². The van der Waals surface area contributed by atoms with Gasteiger partial charge in [0.05, 0.1) is 5.69 Å². The molecule has 0 saturated heterocycles. The molecule has 0 spiro atoms. The topological polar surface area (TPSA) is 58.9 Å². The molecule has 0 fully saturated rings. The number of cyclic esters (lactones) is 1. The lowest BCUT2D eigenvalue weighted by Gasteiger charge is -2.06. The molecule has 4 rings (SSSR count). The van der Waals surface area contributed by atoms with Crippen molar-refractivity contribution in [2.24, 2.45) is 4.99 Å². The molecule has 1 N–H and O–H groups in total. The van der Waals surface area contributed by atoms with Crippen LogP contribution in [-0.4, -0.2) is 17.0 Å². The van der Waals surface area contributed by atoms with Gasteiger partial charge in [-0.2, -0.15) is 0 Å². The molecule has 4 nitrogen and oxygen atoms in total. The summed E-state index contributed by atoms with van der Waals surface area (Å²) >= 11 is 0. The number of aliphatic hydroxyl groups is 1. The van der Waals surface area contributed by atoms with Gasteiger partial charge < -0.3 is 9.84 Å². The van der Waals surface area contributed by atoms with Crippen molar-refractivity contribution in [1.29, 1.82) is 0 Å². The van der Waals surface area contributed by atoms with Gasteiger partial charge in [-0.05, 0) is 34.4 Å². The maximum atomic E-state index is 11.0. The molecule has 2 aliphatic rings. The van der Waals surface area contributed by atoms with Crippen molar-refractivity contribution in [2.75, 3.05) is 0 Å². The van der Waals surface area contributed by atoms with E-state index in [-0.39, 0.29) is 5.90 Å². The number of benzene rings is 2. The van der Waals surface area contributed by atoms with E-state index in [4.69, 9.17) is 4.74 Å². The zero-order valence-electron chi connectivity index (χ0n) is 11.0. The fraction of sp³-hybridized carbons (Fsp3) is 0.0588. The Bertz CT molecular complexity index is 821. The number of esters is 1. The SMILES string of the molecule is O=C1C=CC(=Nc2ccc3c(c2)[C@H](O)c2ccccc2-3)O1. The minimum atomic E-state index is -0.641. The van der Waals surface area contributed by atoms with Crippen LogP contribution in [0.15, 0.2) is 59.6 Å². The van der Waals surface area contributed by atoms with E-state index in [9.17, 15) is 9.90 Å². The van der Waals surface area contributed by atoms with Crippen LogP contribution in [0.2, 0.25) is 0 Å². The van der Waals surface area contributed by atoms with Crippen LogP contribution in [0.25, 0.3) is 11.1 Å². The fourth-order valence-electron chi connectivity index (χ4n) is 2.74. The molecule has 0 radical (unpaired) electrons. The maximum absolute atomic E-state index is 11.0. The maximum Gasteiger partial charge on any atom is 0.337 e. The van der Waals surface area contributed by atoms with Gasteiger partial charge in [-0.3, -0.25) is 0 Å². The van der Waals surface area contributed by atoms with Crippen molar-refractivity contribution in [3.8, 4) is 11.1 Å². The smallest absolute Gasteiger partial charge is 0.337 e. The standard InChI is InChI=1S/C17H11NO3/c19-16-8-7-15(21-16)18-10-5-6-12-11-3-1-2-4-13(11)17(20)14(12)9-10/h1-9,17,20H/t17-/m1/s1. The minimum Gasteiger partial charge on any atom is -0.404 e. The Kier molecular flexibility index (Phi) is 2.52. The van der Waals surface area contributed by atoms with E-state index in [1.54, 1.807) is 0 Å². The summed E-state index contributed by atoms with van der Waals surface area (Å²) in [4.78, 5) is 15.3. The first-order valence-corrected chi connectivity index (χ1v) is 6.62. The Morgan fingerprint density at radius 3 is 2.62 bits per heavy atom. The average Bonchev–Trinajstić information content (AvgIpc) is 3.03. The van der Waals surface area contributed by atoms with Gasteiger partial charge in [-0.25, -0.2) is 9.79 Å². The van der Waals surface area contributed by atoms with E-state index in [0.29, 0.717) is 5.69 Å². The number of rotatable bonds is 1. The number of hydrogen-bond donors (Lipinski definition) is 1. The largest absolute Gasteiger partial charge is 0.404 e. The Morgan fingerprint density at radius 2 is 1.81 bits per heavy atom. The molecule has 1 aliphatic carbocycles. The van der Waals surface area contributed by atoms with Crippen LogP contribution in [0.1, 0.15) is 17.2 Å². The molecule has 0 unspecified atom stereocenters. The molecule has 0 saturated carbocycles. The zero-order chi connectivity index (χ0) is 14.4. The normalized spacial score (nSPS) is 20.5. The predicted molar refractivity (Wildman–Crippen MR) is 78.3 cm³/mol. The lowest BCUT2D eigenvalue weighted by molar-refractivity contribution is -0.129. The summed E-state index contributed by atoms with van der Waals surface area (Å²) < 4.78 is 4.91. The third kappa shape index (κ3) is 1.88. The summed E-state index contributed by atoms with van der Waals surface area (Å²) in [6, 6.07) is 13.4. The van der Waals surface area contributed by atoms with Crippen LogP contribution in [-0.2, 0) is 9.53 Å². The van der Waals surface area contributed by atoms with Crippen LogP contribution in [0, 0.1) is 0 Å². The van der Waals surface area contributed by atoms with Crippen LogP contribution < -0.4 is 0 Å². The Balaban J connectivity index is 1.77. The summed E-state index contributed by atoms with van der Waals surface area (Å²) in [6.07, 6.45) is 2.22. The van der Waals surface area contributed by atoms with Crippen LogP contribution in [0.5, 0.6) is 0 Å². The second kappa shape index (κ2) is 4.40. The number of ether oxygens (including phenoxy) is 1. The van der Waals surface area contributed by atoms with Crippen LogP contribution in [0.4, 0.5) is 5.69 Å². The van der Waals surface area contributed by atoms with E-state index in [2.05, 4.69) is 4.99 Å². The minimum absolute atomic E-state index is 0.268. The summed E-state index contributed by atoms with van der Waals surface area (Å²) in [7, 11) is 0. The van der Waals surface area contributed by atoms with Crippen LogP contribution >= 0.6 is 0 Å². The Morgan fingerprint density at radius 1 is 1.00 bits per heavy atom. The lowest BCUT2D eigenvalue weighted by atomic mass is 10.1. The summed E-state index contributed by atoms with van der Waals surface area (Å²) in [5.41, 5.74) is 4.44. The Hall–Kier alpha value is -2.72. The zero-order valence-corrected chi connectivity index (χ0v) is 11.0. The number of carbonyl (C=O) groups is 1. The van der Waals surface area contributed by atoms with Gasteiger partial charge in [-0.15, -0.1) is 0 Å². The number of fused-ring (bicyclic) bond motifs is 3. The molecular weight excluding hydrogens is 266 g/mol. The molecule has 102 valence electrons. The number of carbonyl (C=O) groups excluding carboxylic acids is 1. The molecular formula is C17H11NO3. The molecule has 2 aromatic rings. The summed E-state index contributed by atoms with van der Waals surface area (Å²) in [6.45, 7) is 0. The lowest BCUT2D eigenvalue weighted by Crippen LogP contribution is -1.98. The van der Waals surface area contributed by atoms with Crippen molar-refractivity contribution in [1.82, 2.24) is 0 Å². The summed E-state index contributed by atoms with van der Waals surface area (Å²) in [5, 5.41) is 10.4. The third-order valence-electron chi connectivity index (χ3n) is 3.68. The molecule has 21 heavy (non-hydrogen) atoms. The van der Waals surface area contributed by atoms with Gasteiger partial charge >= 0.3 is 5.97 Å². The van der Waals surface area contributed by atoms with Gasteiger partial charge in [0.2, 0.25) is 5.90 Å². The van der Waals surface area contributed by atoms with Gasteiger partial charge in [0, 0.05) is 12.2 Å². The highest BCUT2D eigenvalue weighted by atomic mass is 16.5. The highest BCUT2D eigenvalue weighted by Gasteiger charge is 2.26. The van der Waals surface area contributed by atoms with E-state index >= 15 is 0 Å². The van der Waals surface area contributed by atoms with Crippen molar-refractivity contribution in [3.63, 3.8) is 0 Å². The van der Waals surface area contributed by atoms with Crippen LogP contribution in [0.3, 0.4) is 0 Å². The number of aliphatic imine (C=N–C) groups is 1.